The molecule has 2 amide bonds. The first-order valence-electron chi connectivity index (χ1n) is 8.57. The van der Waals surface area contributed by atoms with Crippen LogP contribution in [-0.4, -0.2) is 45.8 Å². The van der Waals surface area contributed by atoms with Crippen molar-refractivity contribution in [2.45, 2.75) is 25.2 Å². The van der Waals surface area contributed by atoms with Gasteiger partial charge >= 0.3 is 6.03 Å². The number of amides is 2. The van der Waals surface area contributed by atoms with Crippen molar-refractivity contribution in [2.24, 2.45) is 0 Å². The van der Waals surface area contributed by atoms with Gasteiger partial charge < -0.3 is 20.4 Å². The van der Waals surface area contributed by atoms with E-state index < -0.39 is 0 Å². The van der Waals surface area contributed by atoms with E-state index in [2.05, 4.69) is 10.3 Å². The van der Waals surface area contributed by atoms with Gasteiger partial charge in [0.2, 0.25) is 0 Å². The number of piperidine rings is 1. The summed E-state index contributed by atoms with van der Waals surface area (Å²) in [6.07, 6.45) is 5.89. The molecule has 0 spiro atoms. The Kier molecular flexibility index (Phi) is 5.38. The molecule has 1 fully saturated rings. The highest BCUT2D eigenvalue weighted by atomic mass is 16.3. The number of rotatable bonds is 4. The van der Waals surface area contributed by atoms with E-state index in [-0.39, 0.29) is 23.4 Å². The zero-order chi connectivity index (χ0) is 17.6. The van der Waals surface area contributed by atoms with E-state index in [0.29, 0.717) is 19.6 Å². The average Bonchev–Trinajstić information content (AvgIpc) is 2.63. The number of hydrogen-bond acceptors (Lipinski definition) is 4. The molecule has 1 aromatic heterocycles. The molecule has 1 aliphatic rings. The summed E-state index contributed by atoms with van der Waals surface area (Å²) in [6.45, 7) is 1.92. The molecular formula is C19H23N3O3. The second-order valence-electron chi connectivity index (χ2n) is 6.34. The molecule has 6 heteroatoms. The van der Waals surface area contributed by atoms with Crippen molar-refractivity contribution in [2.75, 3.05) is 19.6 Å². The van der Waals surface area contributed by atoms with Crippen LogP contribution in [0.4, 0.5) is 4.79 Å². The number of urea groups is 1. The Morgan fingerprint density at radius 1 is 1.16 bits per heavy atom. The van der Waals surface area contributed by atoms with E-state index in [4.69, 9.17) is 0 Å². The molecule has 0 atom stereocenters. The van der Waals surface area contributed by atoms with Crippen LogP contribution >= 0.6 is 0 Å². The van der Waals surface area contributed by atoms with E-state index in [1.165, 1.54) is 6.07 Å². The van der Waals surface area contributed by atoms with E-state index in [9.17, 15) is 15.0 Å². The summed E-state index contributed by atoms with van der Waals surface area (Å²) in [5, 5.41) is 22.3. The molecule has 0 unspecified atom stereocenters. The fraction of sp³-hybridized carbons (Fsp3) is 0.368. The lowest BCUT2D eigenvalue weighted by molar-refractivity contribution is 0.181. The summed E-state index contributed by atoms with van der Waals surface area (Å²) in [6, 6.07) is 8.58. The summed E-state index contributed by atoms with van der Waals surface area (Å²) in [5.74, 6) is 0.397. The van der Waals surface area contributed by atoms with Gasteiger partial charge in [-0.2, -0.15) is 0 Å². The number of aromatic hydroxyl groups is 2. The number of phenols is 2. The van der Waals surface area contributed by atoms with Gasteiger partial charge in [0, 0.05) is 38.1 Å². The average molecular weight is 341 g/mol. The van der Waals surface area contributed by atoms with Crippen LogP contribution in [0.2, 0.25) is 0 Å². The first kappa shape index (κ1) is 17.1. The Labute approximate surface area is 147 Å². The normalized spacial score (nSPS) is 15.1. The van der Waals surface area contributed by atoms with E-state index in [1.54, 1.807) is 24.5 Å². The third-order valence-electron chi connectivity index (χ3n) is 4.68. The Balaban J connectivity index is 1.46. The van der Waals surface area contributed by atoms with Crippen LogP contribution in [0.5, 0.6) is 11.5 Å². The molecule has 1 aliphatic heterocycles. The minimum absolute atomic E-state index is 0.0394. The first-order valence-corrected chi connectivity index (χ1v) is 8.57. The summed E-state index contributed by atoms with van der Waals surface area (Å²) >= 11 is 0. The molecular weight excluding hydrogens is 318 g/mol. The Hall–Kier alpha value is -2.76. The van der Waals surface area contributed by atoms with Gasteiger partial charge in [-0.25, -0.2) is 4.79 Å². The van der Waals surface area contributed by atoms with Crippen LogP contribution < -0.4 is 5.32 Å². The number of hydrogen-bond donors (Lipinski definition) is 3. The van der Waals surface area contributed by atoms with Crippen molar-refractivity contribution < 1.29 is 15.0 Å². The van der Waals surface area contributed by atoms with Gasteiger partial charge in [0.15, 0.2) is 0 Å². The number of likely N-dealkylation sites (tertiary alicyclic amines) is 1. The van der Waals surface area contributed by atoms with Crippen LogP contribution in [-0.2, 0) is 6.42 Å². The largest absolute Gasteiger partial charge is 0.508 e. The third-order valence-corrected chi connectivity index (χ3v) is 4.68. The molecule has 0 bridgehead atoms. The maximum absolute atomic E-state index is 12.3. The maximum atomic E-state index is 12.3. The second-order valence-corrected chi connectivity index (χ2v) is 6.34. The highest BCUT2D eigenvalue weighted by Gasteiger charge is 2.25. The molecule has 2 heterocycles. The fourth-order valence-corrected chi connectivity index (χ4v) is 3.25. The lowest BCUT2D eigenvalue weighted by Gasteiger charge is -2.32. The Morgan fingerprint density at radius 3 is 2.56 bits per heavy atom. The maximum Gasteiger partial charge on any atom is 0.317 e. The van der Waals surface area contributed by atoms with Crippen molar-refractivity contribution in [1.82, 2.24) is 15.2 Å². The van der Waals surface area contributed by atoms with Gasteiger partial charge in [-0.3, -0.25) is 4.98 Å². The number of nitrogens with zero attached hydrogens (tertiary/aromatic N) is 2. The van der Waals surface area contributed by atoms with Crippen LogP contribution in [0.3, 0.4) is 0 Å². The Morgan fingerprint density at radius 2 is 1.88 bits per heavy atom. The first-order chi connectivity index (χ1) is 12.1. The molecule has 3 rings (SSSR count). The van der Waals surface area contributed by atoms with Gasteiger partial charge in [-0.05, 0) is 54.5 Å². The fourth-order valence-electron chi connectivity index (χ4n) is 3.25. The number of benzene rings is 1. The molecule has 25 heavy (non-hydrogen) atoms. The van der Waals surface area contributed by atoms with Crippen molar-refractivity contribution >= 4 is 6.03 Å². The Bertz CT molecular complexity index is 713. The standard InChI is InChI=1S/C19H23N3O3/c23-16-1-2-17(18(24)13-16)15-6-11-22(12-7-15)19(25)21-10-5-14-3-8-20-9-4-14/h1-4,8-9,13,15,23-24H,5-7,10-12H2,(H,21,25). The lowest BCUT2D eigenvalue weighted by Crippen LogP contribution is -2.44. The molecule has 1 aromatic carbocycles. The smallest absolute Gasteiger partial charge is 0.317 e. The zero-order valence-electron chi connectivity index (χ0n) is 14.1. The summed E-state index contributed by atoms with van der Waals surface area (Å²) in [4.78, 5) is 18.1. The number of carbonyl (C=O) groups is 1. The summed E-state index contributed by atoms with van der Waals surface area (Å²) < 4.78 is 0. The van der Waals surface area contributed by atoms with Crippen LogP contribution in [0.1, 0.15) is 29.9 Å². The van der Waals surface area contributed by atoms with E-state index >= 15 is 0 Å². The van der Waals surface area contributed by atoms with Crippen molar-refractivity contribution in [3.05, 3.63) is 53.9 Å². The predicted octanol–water partition coefficient (Wildman–Crippen LogP) is 2.62. The minimum Gasteiger partial charge on any atom is -0.508 e. The van der Waals surface area contributed by atoms with Gasteiger partial charge in [-0.15, -0.1) is 0 Å². The molecule has 2 aromatic rings. The highest BCUT2D eigenvalue weighted by Crippen LogP contribution is 2.35. The van der Waals surface area contributed by atoms with Crippen LogP contribution in [0, 0.1) is 0 Å². The van der Waals surface area contributed by atoms with Crippen molar-refractivity contribution in [1.29, 1.82) is 0 Å². The lowest BCUT2D eigenvalue weighted by atomic mass is 9.89. The number of carbonyl (C=O) groups excluding carboxylic acids is 1. The number of aromatic nitrogens is 1. The number of phenolic OH excluding ortho intramolecular Hbond substituents is 2. The number of nitrogens with one attached hydrogen (secondary N) is 1. The van der Waals surface area contributed by atoms with E-state index in [0.717, 1.165) is 30.4 Å². The zero-order valence-corrected chi connectivity index (χ0v) is 14.1. The van der Waals surface area contributed by atoms with Gasteiger partial charge in [0.1, 0.15) is 11.5 Å². The van der Waals surface area contributed by atoms with Crippen LogP contribution in [0.25, 0.3) is 0 Å². The van der Waals surface area contributed by atoms with E-state index in [1.807, 2.05) is 17.0 Å². The molecule has 0 saturated carbocycles. The van der Waals surface area contributed by atoms with Gasteiger partial charge in [0.05, 0.1) is 0 Å². The molecule has 1 saturated heterocycles. The SMILES string of the molecule is O=C(NCCc1ccncc1)N1CCC(c2ccc(O)cc2O)CC1. The number of pyridine rings is 1. The topological polar surface area (TPSA) is 85.7 Å². The molecule has 0 aliphatic carbocycles. The highest BCUT2D eigenvalue weighted by molar-refractivity contribution is 5.74. The summed E-state index contributed by atoms with van der Waals surface area (Å²) in [7, 11) is 0. The molecule has 3 N–H and O–H groups in total. The monoisotopic (exact) mass is 341 g/mol. The molecule has 6 nitrogen and oxygen atoms in total. The molecule has 0 radical (unpaired) electrons. The van der Waals surface area contributed by atoms with Crippen molar-refractivity contribution in [3.8, 4) is 11.5 Å². The van der Waals surface area contributed by atoms with Crippen molar-refractivity contribution in [3.63, 3.8) is 0 Å². The van der Waals surface area contributed by atoms with Gasteiger partial charge in [-0.1, -0.05) is 6.07 Å². The second kappa shape index (κ2) is 7.88. The quantitative estimate of drug-likeness (QED) is 0.798. The minimum atomic E-state index is -0.0394. The summed E-state index contributed by atoms with van der Waals surface area (Å²) in [5.41, 5.74) is 1.99. The van der Waals surface area contributed by atoms with Crippen LogP contribution in [0.15, 0.2) is 42.7 Å². The van der Waals surface area contributed by atoms with Gasteiger partial charge in [0.25, 0.3) is 0 Å². The molecule has 132 valence electrons. The predicted molar refractivity (Wildman–Crippen MR) is 94.7 cm³/mol. The third kappa shape index (κ3) is 4.41.